The second-order valence-corrected chi connectivity index (χ2v) is 9.47. The van der Waals surface area contributed by atoms with Crippen molar-refractivity contribution >= 4 is 28.3 Å². The summed E-state index contributed by atoms with van der Waals surface area (Å²) in [6.07, 6.45) is 0.864. The second-order valence-electron chi connectivity index (χ2n) is 8.63. The van der Waals surface area contributed by atoms with Crippen molar-refractivity contribution in [3.8, 4) is 17.0 Å². The van der Waals surface area contributed by atoms with Crippen molar-refractivity contribution in [2.45, 2.75) is 25.9 Å². The Hall–Kier alpha value is -4.17. The predicted octanol–water partition coefficient (Wildman–Crippen LogP) is 5.27. The van der Waals surface area contributed by atoms with E-state index in [0.29, 0.717) is 12.1 Å². The molecule has 37 heavy (non-hydrogen) atoms. The van der Waals surface area contributed by atoms with Crippen LogP contribution in [0, 0.1) is 0 Å². The highest BCUT2D eigenvalue weighted by Crippen LogP contribution is 2.30. The van der Waals surface area contributed by atoms with Crippen LogP contribution in [0.5, 0.6) is 5.75 Å². The van der Waals surface area contributed by atoms with Crippen molar-refractivity contribution in [1.82, 2.24) is 10.3 Å². The summed E-state index contributed by atoms with van der Waals surface area (Å²) in [5.41, 5.74) is 4.58. The molecule has 0 aliphatic rings. The van der Waals surface area contributed by atoms with Crippen LogP contribution in [-0.4, -0.2) is 41.7 Å². The van der Waals surface area contributed by atoms with E-state index in [1.54, 1.807) is 30.6 Å². The van der Waals surface area contributed by atoms with E-state index in [4.69, 9.17) is 14.8 Å². The van der Waals surface area contributed by atoms with Gasteiger partial charge in [-0.1, -0.05) is 54.6 Å². The number of thiazole rings is 1. The van der Waals surface area contributed by atoms with E-state index >= 15 is 0 Å². The molecule has 0 fully saturated rings. The average Bonchev–Trinajstić information content (AvgIpc) is 3.42. The Balaban J connectivity index is 1.53. The maximum atomic E-state index is 12.4. The molecule has 1 heterocycles. The van der Waals surface area contributed by atoms with Gasteiger partial charge in [-0.25, -0.2) is 4.98 Å². The molecule has 0 spiro atoms. The van der Waals surface area contributed by atoms with Gasteiger partial charge in [-0.2, -0.15) is 0 Å². The third-order valence-electron chi connectivity index (χ3n) is 5.95. The number of benzene rings is 3. The normalized spacial score (nSPS) is 11.5. The first-order valence-electron chi connectivity index (χ1n) is 11.9. The topological polar surface area (TPSA) is 91.8 Å². The number of aliphatic carboxylic acids is 1. The van der Waals surface area contributed by atoms with Gasteiger partial charge in [-0.3, -0.25) is 9.59 Å². The van der Waals surface area contributed by atoms with Crippen LogP contribution in [0.4, 0.5) is 5.13 Å². The number of amides is 1. The fourth-order valence-electron chi connectivity index (χ4n) is 3.80. The van der Waals surface area contributed by atoms with Crippen LogP contribution in [0.1, 0.15) is 28.4 Å². The van der Waals surface area contributed by atoms with Gasteiger partial charge in [0.05, 0.1) is 12.8 Å². The minimum atomic E-state index is -1.07. The first kappa shape index (κ1) is 25.9. The van der Waals surface area contributed by atoms with E-state index < -0.39 is 17.9 Å². The number of carbonyl (C=O) groups excluding carboxylic acids is 1. The number of hydrogen-bond donors (Lipinski definition) is 2. The molecule has 0 saturated heterocycles. The van der Waals surface area contributed by atoms with Crippen molar-refractivity contribution in [1.29, 1.82) is 0 Å². The van der Waals surface area contributed by atoms with Crippen molar-refractivity contribution in [2.75, 3.05) is 18.6 Å². The summed E-state index contributed by atoms with van der Waals surface area (Å²) in [6.45, 7) is 2.83. The molecule has 0 radical (unpaired) electrons. The molecular weight excluding hydrogens is 486 g/mol. The monoisotopic (exact) mass is 515 g/mol. The number of rotatable bonds is 11. The molecular formula is C29H29N3O4S. The molecule has 190 valence electrons. The lowest BCUT2D eigenvalue weighted by Gasteiger charge is -2.22. The molecule has 0 bridgehead atoms. The minimum Gasteiger partial charge on any atom is -0.497 e. The Morgan fingerprint density at radius 1 is 1.03 bits per heavy atom. The number of carbonyl (C=O) groups is 2. The molecule has 1 atom stereocenters. The fraction of sp³-hybridized carbons (Fsp3) is 0.207. The maximum Gasteiger partial charge on any atom is 0.325 e. The van der Waals surface area contributed by atoms with Gasteiger partial charge in [-0.15, -0.1) is 11.3 Å². The van der Waals surface area contributed by atoms with Gasteiger partial charge in [0.1, 0.15) is 11.8 Å². The second kappa shape index (κ2) is 12.2. The smallest absolute Gasteiger partial charge is 0.325 e. The molecule has 8 heteroatoms. The molecule has 0 aliphatic heterocycles. The average molecular weight is 516 g/mol. The number of anilines is 1. The summed E-state index contributed by atoms with van der Waals surface area (Å²) < 4.78 is 5.36. The Bertz CT molecular complexity index is 1340. The van der Waals surface area contributed by atoms with Gasteiger partial charge < -0.3 is 20.1 Å². The highest BCUT2D eigenvalue weighted by Gasteiger charge is 2.17. The van der Waals surface area contributed by atoms with E-state index in [9.17, 15) is 9.59 Å². The summed E-state index contributed by atoms with van der Waals surface area (Å²) in [7, 11) is 1.65. The van der Waals surface area contributed by atoms with Gasteiger partial charge in [0.2, 0.25) is 0 Å². The van der Waals surface area contributed by atoms with Crippen LogP contribution in [0.3, 0.4) is 0 Å². The molecule has 1 unspecified atom stereocenters. The van der Waals surface area contributed by atoms with Crippen molar-refractivity contribution in [3.63, 3.8) is 0 Å². The van der Waals surface area contributed by atoms with Crippen LogP contribution in [0.25, 0.3) is 11.3 Å². The van der Waals surface area contributed by atoms with Crippen LogP contribution in [-0.2, 0) is 17.8 Å². The number of carboxylic acids is 1. The Labute approximate surface area is 220 Å². The number of carboxylic acid groups (broad SMARTS) is 1. The molecule has 7 nitrogen and oxygen atoms in total. The van der Waals surface area contributed by atoms with Crippen molar-refractivity contribution in [3.05, 3.63) is 101 Å². The quantitative estimate of drug-likeness (QED) is 0.283. The maximum absolute atomic E-state index is 12.4. The lowest BCUT2D eigenvalue weighted by atomic mass is 10.1. The Morgan fingerprint density at radius 2 is 1.78 bits per heavy atom. The van der Waals surface area contributed by atoms with Gasteiger partial charge in [0.25, 0.3) is 5.91 Å². The van der Waals surface area contributed by atoms with Crippen LogP contribution < -0.4 is 15.0 Å². The van der Waals surface area contributed by atoms with Gasteiger partial charge in [0, 0.05) is 29.6 Å². The zero-order chi connectivity index (χ0) is 26.2. The predicted molar refractivity (Wildman–Crippen MR) is 146 cm³/mol. The third-order valence-corrected chi connectivity index (χ3v) is 6.85. The standard InChI is InChI=1S/C29H29N3O4S/c1-20(28(34)35)30-27(33)23-13-11-22(12-14-23)18-32(16-15-21-7-4-3-5-8-21)29-31-26(19-37-29)24-9-6-10-25(17-24)36-2/h3-14,17,19-20H,15-16,18H2,1-2H3,(H,30,33)(H,34,35). The van der Waals surface area contributed by atoms with Crippen LogP contribution >= 0.6 is 11.3 Å². The van der Waals surface area contributed by atoms with Crippen molar-refractivity contribution < 1.29 is 19.4 Å². The Kier molecular flexibility index (Phi) is 8.53. The largest absolute Gasteiger partial charge is 0.497 e. The number of nitrogens with one attached hydrogen (secondary N) is 1. The van der Waals surface area contributed by atoms with E-state index in [0.717, 1.165) is 40.7 Å². The highest BCUT2D eigenvalue weighted by atomic mass is 32.1. The molecule has 4 rings (SSSR count). The van der Waals surface area contributed by atoms with E-state index in [1.165, 1.54) is 12.5 Å². The van der Waals surface area contributed by atoms with E-state index in [1.807, 2.05) is 54.6 Å². The lowest BCUT2D eigenvalue weighted by molar-refractivity contribution is -0.138. The third kappa shape index (κ3) is 6.95. The van der Waals surface area contributed by atoms with Crippen LogP contribution in [0.2, 0.25) is 0 Å². The first-order valence-corrected chi connectivity index (χ1v) is 12.8. The fourth-order valence-corrected chi connectivity index (χ4v) is 4.66. The number of hydrogen-bond acceptors (Lipinski definition) is 6. The SMILES string of the molecule is COc1cccc(-c2csc(N(CCc3ccccc3)Cc3ccc(C(=O)NC(C)C(=O)O)cc3)n2)c1. The number of ether oxygens (including phenoxy) is 1. The zero-order valence-corrected chi connectivity index (χ0v) is 21.6. The lowest BCUT2D eigenvalue weighted by Crippen LogP contribution is -2.38. The van der Waals surface area contributed by atoms with E-state index in [2.05, 4.69) is 27.7 Å². The molecule has 4 aromatic rings. The molecule has 3 aromatic carbocycles. The molecule has 0 saturated carbocycles. The molecule has 1 amide bonds. The van der Waals surface area contributed by atoms with Crippen molar-refractivity contribution in [2.24, 2.45) is 0 Å². The summed E-state index contributed by atoms with van der Waals surface area (Å²) in [5, 5.41) is 14.5. The summed E-state index contributed by atoms with van der Waals surface area (Å²) in [4.78, 5) is 30.6. The highest BCUT2D eigenvalue weighted by molar-refractivity contribution is 7.14. The van der Waals surface area contributed by atoms with Gasteiger partial charge in [-0.05, 0) is 48.7 Å². The summed E-state index contributed by atoms with van der Waals surface area (Å²) >= 11 is 1.59. The van der Waals surface area contributed by atoms with E-state index in [-0.39, 0.29) is 0 Å². The molecule has 0 aliphatic carbocycles. The zero-order valence-electron chi connectivity index (χ0n) is 20.8. The first-order chi connectivity index (χ1) is 17.9. The molecule has 2 N–H and O–H groups in total. The summed E-state index contributed by atoms with van der Waals surface area (Å²) in [6, 6.07) is 24.5. The molecule has 1 aromatic heterocycles. The van der Waals surface area contributed by atoms with Gasteiger partial charge in [0.15, 0.2) is 5.13 Å². The Morgan fingerprint density at radius 3 is 2.49 bits per heavy atom. The summed E-state index contributed by atoms with van der Waals surface area (Å²) in [5.74, 6) is -0.698. The van der Waals surface area contributed by atoms with Crippen LogP contribution in [0.15, 0.2) is 84.2 Å². The van der Waals surface area contributed by atoms with Gasteiger partial charge >= 0.3 is 5.97 Å². The number of aromatic nitrogens is 1. The number of nitrogens with zero attached hydrogens (tertiary/aromatic N) is 2. The number of methoxy groups -OCH3 is 1. The minimum absolute atomic E-state index is 0.412.